The lowest BCUT2D eigenvalue weighted by atomic mass is 10.1. The second kappa shape index (κ2) is 9.69. The van der Waals surface area contributed by atoms with Crippen molar-refractivity contribution in [2.45, 2.75) is 19.9 Å². The lowest BCUT2D eigenvalue weighted by Crippen LogP contribution is -2.42. The number of carbonyl (C=O) groups excluding carboxylic acids is 1. The number of benzene rings is 2. The Hall–Kier alpha value is -2.53. The Kier molecular flexibility index (Phi) is 7.29. The fraction of sp³-hybridized carbons (Fsp3) is 0.350. The fourth-order valence-electron chi connectivity index (χ4n) is 2.73. The van der Waals surface area contributed by atoms with Gasteiger partial charge >= 0.3 is 6.03 Å². The molecule has 2 rings (SSSR count). The van der Waals surface area contributed by atoms with Crippen LogP contribution in [0.15, 0.2) is 54.6 Å². The molecule has 3 N–H and O–H groups in total. The smallest absolute Gasteiger partial charge is 0.315 e. The predicted octanol–water partition coefficient (Wildman–Crippen LogP) is 2.85. The van der Waals surface area contributed by atoms with Gasteiger partial charge in [-0.2, -0.15) is 0 Å². The summed E-state index contributed by atoms with van der Waals surface area (Å²) in [7, 11) is 0. The molecule has 0 saturated carbocycles. The second-order valence-electron chi connectivity index (χ2n) is 5.96. The van der Waals surface area contributed by atoms with E-state index >= 15 is 0 Å². The number of amides is 2. The molecule has 0 aromatic heterocycles. The summed E-state index contributed by atoms with van der Waals surface area (Å²) < 4.78 is 0. The molecule has 2 aromatic carbocycles. The molecule has 134 valence electrons. The van der Waals surface area contributed by atoms with Gasteiger partial charge in [-0.05, 0) is 37.1 Å². The summed E-state index contributed by atoms with van der Waals surface area (Å²) in [5, 5.41) is 15.2. The SMILES string of the molecule is CCN(CCNC(=O)NC(CO)c1ccccc1)c1cccc(C)c1. The molecular formula is C20H27N3O2. The van der Waals surface area contributed by atoms with Gasteiger partial charge in [-0.1, -0.05) is 42.5 Å². The molecule has 0 aliphatic carbocycles. The third-order valence-corrected chi connectivity index (χ3v) is 4.11. The number of hydrogen-bond acceptors (Lipinski definition) is 3. The molecule has 0 fully saturated rings. The molecule has 0 radical (unpaired) electrons. The summed E-state index contributed by atoms with van der Waals surface area (Å²) >= 11 is 0. The van der Waals surface area contributed by atoms with Crippen LogP contribution < -0.4 is 15.5 Å². The number of aliphatic hydroxyl groups is 1. The van der Waals surface area contributed by atoms with Crippen LogP contribution in [-0.4, -0.2) is 37.4 Å². The molecule has 2 amide bonds. The third kappa shape index (κ3) is 5.80. The Morgan fingerprint density at radius 1 is 1.16 bits per heavy atom. The first-order valence-corrected chi connectivity index (χ1v) is 8.65. The average molecular weight is 341 g/mol. The molecule has 0 saturated heterocycles. The van der Waals surface area contributed by atoms with Gasteiger partial charge in [0, 0.05) is 25.3 Å². The number of urea groups is 1. The van der Waals surface area contributed by atoms with Crippen molar-refractivity contribution in [2.24, 2.45) is 0 Å². The van der Waals surface area contributed by atoms with Crippen molar-refractivity contribution >= 4 is 11.7 Å². The van der Waals surface area contributed by atoms with Gasteiger partial charge in [0.2, 0.25) is 0 Å². The number of anilines is 1. The van der Waals surface area contributed by atoms with Crippen molar-refractivity contribution in [3.05, 3.63) is 65.7 Å². The first-order chi connectivity index (χ1) is 12.1. The summed E-state index contributed by atoms with van der Waals surface area (Å²) in [6.07, 6.45) is 0. The normalized spacial score (nSPS) is 11.6. The lowest BCUT2D eigenvalue weighted by Gasteiger charge is -2.24. The zero-order chi connectivity index (χ0) is 18.1. The van der Waals surface area contributed by atoms with E-state index in [1.807, 2.05) is 36.4 Å². The van der Waals surface area contributed by atoms with Crippen LogP contribution in [0.4, 0.5) is 10.5 Å². The number of carbonyl (C=O) groups is 1. The van der Waals surface area contributed by atoms with E-state index < -0.39 is 6.04 Å². The molecule has 0 aliphatic rings. The molecule has 25 heavy (non-hydrogen) atoms. The topological polar surface area (TPSA) is 64.6 Å². The van der Waals surface area contributed by atoms with Crippen LogP contribution in [0.25, 0.3) is 0 Å². The summed E-state index contributed by atoms with van der Waals surface area (Å²) in [5.41, 5.74) is 3.26. The lowest BCUT2D eigenvalue weighted by molar-refractivity contribution is 0.217. The average Bonchev–Trinajstić information content (AvgIpc) is 2.64. The summed E-state index contributed by atoms with van der Waals surface area (Å²) in [5.74, 6) is 0. The maximum atomic E-state index is 12.1. The Morgan fingerprint density at radius 2 is 1.92 bits per heavy atom. The number of nitrogens with one attached hydrogen (secondary N) is 2. The Balaban J connectivity index is 1.82. The van der Waals surface area contributed by atoms with Gasteiger partial charge in [-0.3, -0.25) is 0 Å². The maximum Gasteiger partial charge on any atom is 0.315 e. The van der Waals surface area contributed by atoms with Gasteiger partial charge < -0.3 is 20.6 Å². The second-order valence-corrected chi connectivity index (χ2v) is 5.96. The number of aryl methyl sites for hydroxylation is 1. The first-order valence-electron chi connectivity index (χ1n) is 8.65. The molecule has 0 aliphatic heterocycles. The highest BCUT2D eigenvalue weighted by atomic mass is 16.3. The van der Waals surface area contributed by atoms with Crippen molar-refractivity contribution in [1.29, 1.82) is 0 Å². The van der Waals surface area contributed by atoms with Gasteiger partial charge in [0.15, 0.2) is 0 Å². The van der Waals surface area contributed by atoms with E-state index in [0.29, 0.717) is 6.54 Å². The largest absolute Gasteiger partial charge is 0.394 e. The first kappa shape index (κ1) is 18.8. The summed E-state index contributed by atoms with van der Waals surface area (Å²) in [4.78, 5) is 14.3. The van der Waals surface area contributed by atoms with E-state index in [9.17, 15) is 9.90 Å². The van der Waals surface area contributed by atoms with Crippen molar-refractivity contribution in [2.75, 3.05) is 31.1 Å². The van der Waals surface area contributed by atoms with Crippen LogP contribution in [0.2, 0.25) is 0 Å². The molecule has 0 bridgehead atoms. The molecule has 0 spiro atoms. The van der Waals surface area contributed by atoms with Gasteiger partial charge in [0.25, 0.3) is 0 Å². The number of likely N-dealkylation sites (N-methyl/N-ethyl adjacent to an activating group) is 1. The molecule has 1 unspecified atom stereocenters. The van der Waals surface area contributed by atoms with Crippen molar-refractivity contribution < 1.29 is 9.90 Å². The van der Waals surface area contributed by atoms with E-state index in [1.54, 1.807) is 0 Å². The summed E-state index contributed by atoms with van der Waals surface area (Å²) in [6, 6.07) is 17.1. The van der Waals surface area contributed by atoms with Crippen molar-refractivity contribution in [3.8, 4) is 0 Å². The molecular weight excluding hydrogens is 314 g/mol. The Labute approximate surface area is 149 Å². The minimum atomic E-state index is -0.403. The van der Waals surface area contributed by atoms with Crippen molar-refractivity contribution in [3.63, 3.8) is 0 Å². The van der Waals surface area contributed by atoms with E-state index in [1.165, 1.54) is 5.56 Å². The molecule has 2 aromatic rings. The molecule has 0 heterocycles. The van der Waals surface area contributed by atoms with E-state index in [0.717, 1.165) is 24.3 Å². The standard InChI is InChI=1S/C20H27N3O2/c1-3-23(18-11-7-8-16(2)14-18)13-12-21-20(25)22-19(15-24)17-9-5-4-6-10-17/h4-11,14,19,24H,3,12-13,15H2,1-2H3,(H2,21,22,25). The van der Waals surface area contributed by atoms with Crippen LogP contribution in [0.1, 0.15) is 24.1 Å². The minimum absolute atomic E-state index is 0.137. The van der Waals surface area contributed by atoms with Crippen LogP contribution in [0, 0.1) is 6.92 Å². The quantitative estimate of drug-likeness (QED) is 0.692. The van der Waals surface area contributed by atoms with Gasteiger partial charge in [-0.15, -0.1) is 0 Å². The van der Waals surface area contributed by atoms with Gasteiger partial charge in [-0.25, -0.2) is 4.79 Å². The number of rotatable bonds is 8. The minimum Gasteiger partial charge on any atom is -0.394 e. The maximum absolute atomic E-state index is 12.1. The van der Waals surface area contributed by atoms with Crippen LogP contribution in [-0.2, 0) is 0 Å². The third-order valence-electron chi connectivity index (χ3n) is 4.11. The van der Waals surface area contributed by atoms with E-state index in [-0.39, 0.29) is 12.6 Å². The zero-order valence-electron chi connectivity index (χ0n) is 14.9. The Bertz CT molecular complexity index is 661. The Morgan fingerprint density at radius 3 is 2.56 bits per heavy atom. The van der Waals surface area contributed by atoms with E-state index in [2.05, 4.69) is 47.6 Å². The van der Waals surface area contributed by atoms with Crippen LogP contribution >= 0.6 is 0 Å². The molecule has 5 nitrogen and oxygen atoms in total. The number of nitrogens with zero attached hydrogens (tertiary/aromatic N) is 1. The molecule has 1 atom stereocenters. The van der Waals surface area contributed by atoms with Crippen molar-refractivity contribution in [1.82, 2.24) is 10.6 Å². The van der Waals surface area contributed by atoms with Crippen LogP contribution in [0.5, 0.6) is 0 Å². The zero-order valence-corrected chi connectivity index (χ0v) is 14.9. The van der Waals surface area contributed by atoms with Crippen LogP contribution in [0.3, 0.4) is 0 Å². The van der Waals surface area contributed by atoms with Gasteiger partial charge in [0.1, 0.15) is 0 Å². The summed E-state index contributed by atoms with van der Waals surface area (Å²) in [6.45, 7) is 6.15. The highest BCUT2D eigenvalue weighted by molar-refractivity contribution is 5.74. The highest BCUT2D eigenvalue weighted by Crippen LogP contribution is 2.15. The monoisotopic (exact) mass is 341 g/mol. The number of aliphatic hydroxyl groups excluding tert-OH is 1. The molecule has 5 heteroatoms. The van der Waals surface area contributed by atoms with E-state index in [4.69, 9.17) is 0 Å². The number of hydrogen-bond donors (Lipinski definition) is 3. The highest BCUT2D eigenvalue weighted by Gasteiger charge is 2.13. The predicted molar refractivity (Wildman–Crippen MR) is 102 cm³/mol. The van der Waals surface area contributed by atoms with Gasteiger partial charge in [0.05, 0.1) is 12.6 Å². The fourth-order valence-corrected chi connectivity index (χ4v) is 2.73.